The van der Waals surface area contributed by atoms with E-state index in [2.05, 4.69) is 92.8 Å². The maximum absolute atomic E-state index is 4.66. The first-order valence-corrected chi connectivity index (χ1v) is 8.68. The van der Waals surface area contributed by atoms with Crippen molar-refractivity contribution in [3.63, 3.8) is 0 Å². The van der Waals surface area contributed by atoms with Crippen molar-refractivity contribution >= 4 is 5.96 Å². The molecule has 0 heterocycles. The Morgan fingerprint density at radius 1 is 1.13 bits per heavy atom. The number of hydrogen-bond donors (Lipinski definition) is 3. The largest absolute Gasteiger partial charge is 0.357 e. The van der Waals surface area contributed by atoms with Crippen LogP contribution in [0.15, 0.2) is 35.3 Å². The van der Waals surface area contributed by atoms with Crippen molar-refractivity contribution in [3.8, 4) is 0 Å². The molecule has 1 aromatic rings. The third kappa shape index (κ3) is 8.03. The Morgan fingerprint density at radius 2 is 1.78 bits per heavy atom. The van der Waals surface area contributed by atoms with Gasteiger partial charge in [0.1, 0.15) is 0 Å². The molecule has 0 aliphatic carbocycles. The van der Waals surface area contributed by atoms with Crippen LogP contribution in [0.3, 0.4) is 0 Å². The molecule has 0 saturated carbocycles. The molecule has 4 heteroatoms. The van der Waals surface area contributed by atoms with Gasteiger partial charge in [0.2, 0.25) is 0 Å². The van der Waals surface area contributed by atoms with Crippen molar-refractivity contribution in [2.75, 3.05) is 19.6 Å². The number of hydrogen-bond acceptors (Lipinski definition) is 2. The summed E-state index contributed by atoms with van der Waals surface area (Å²) in [7, 11) is 0. The van der Waals surface area contributed by atoms with Crippen molar-refractivity contribution in [3.05, 3.63) is 35.9 Å². The molecule has 4 nitrogen and oxygen atoms in total. The van der Waals surface area contributed by atoms with Gasteiger partial charge in [0.05, 0.1) is 6.54 Å². The second kappa shape index (κ2) is 9.56. The summed E-state index contributed by atoms with van der Waals surface area (Å²) >= 11 is 0. The van der Waals surface area contributed by atoms with Gasteiger partial charge in [0, 0.05) is 30.6 Å². The van der Waals surface area contributed by atoms with Crippen LogP contribution in [0.2, 0.25) is 0 Å². The van der Waals surface area contributed by atoms with Gasteiger partial charge in [0.25, 0.3) is 0 Å². The van der Waals surface area contributed by atoms with Crippen molar-refractivity contribution in [1.29, 1.82) is 0 Å². The lowest BCUT2D eigenvalue weighted by Gasteiger charge is -2.24. The van der Waals surface area contributed by atoms with Gasteiger partial charge in [-0.15, -0.1) is 0 Å². The molecule has 0 aliphatic rings. The van der Waals surface area contributed by atoms with Gasteiger partial charge >= 0.3 is 0 Å². The molecule has 2 atom stereocenters. The van der Waals surface area contributed by atoms with E-state index in [9.17, 15) is 0 Å². The minimum atomic E-state index is 0.135. The molecule has 0 aromatic heterocycles. The first-order chi connectivity index (χ1) is 10.8. The van der Waals surface area contributed by atoms with E-state index in [-0.39, 0.29) is 5.54 Å². The molecule has 2 unspecified atom stereocenters. The summed E-state index contributed by atoms with van der Waals surface area (Å²) in [4.78, 5) is 4.66. The van der Waals surface area contributed by atoms with Gasteiger partial charge in [-0.05, 0) is 40.2 Å². The molecule has 3 N–H and O–H groups in total. The van der Waals surface area contributed by atoms with Crippen molar-refractivity contribution in [2.24, 2.45) is 4.99 Å². The summed E-state index contributed by atoms with van der Waals surface area (Å²) in [5.74, 6) is 1.31. The lowest BCUT2D eigenvalue weighted by Crippen LogP contribution is -2.45. The minimum absolute atomic E-state index is 0.135. The van der Waals surface area contributed by atoms with Crippen LogP contribution in [0.4, 0.5) is 0 Å². The Morgan fingerprint density at radius 3 is 2.35 bits per heavy atom. The van der Waals surface area contributed by atoms with Gasteiger partial charge in [-0.25, -0.2) is 0 Å². The SMILES string of the molecule is CCNC(=NCCNC(C)(C)C)NC(C)C(C)c1ccccc1. The average molecular weight is 319 g/mol. The van der Waals surface area contributed by atoms with E-state index >= 15 is 0 Å². The second-order valence-corrected chi connectivity index (χ2v) is 7.07. The number of guanidine groups is 1. The molecule has 1 rings (SSSR count). The molecule has 23 heavy (non-hydrogen) atoms. The molecule has 0 amide bonds. The molecule has 130 valence electrons. The summed E-state index contributed by atoms with van der Waals surface area (Å²) in [5.41, 5.74) is 1.48. The Bertz CT molecular complexity index is 462. The van der Waals surface area contributed by atoms with E-state index in [1.165, 1.54) is 5.56 Å². The number of aliphatic imine (C=N–C) groups is 1. The highest BCUT2D eigenvalue weighted by atomic mass is 15.2. The molecule has 0 saturated heterocycles. The third-order valence-corrected chi connectivity index (χ3v) is 3.82. The Labute approximate surface area is 142 Å². The number of benzene rings is 1. The topological polar surface area (TPSA) is 48.5 Å². The number of nitrogens with zero attached hydrogens (tertiary/aromatic N) is 1. The second-order valence-electron chi connectivity index (χ2n) is 7.07. The zero-order valence-corrected chi connectivity index (χ0v) is 15.6. The Kier molecular flexibility index (Phi) is 8.10. The van der Waals surface area contributed by atoms with Crippen LogP contribution in [0.5, 0.6) is 0 Å². The predicted octanol–water partition coefficient (Wildman–Crippen LogP) is 3.12. The monoisotopic (exact) mass is 318 g/mol. The highest BCUT2D eigenvalue weighted by Crippen LogP contribution is 2.18. The lowest BCUT2D eigenvalue weighted by atomic mass is 9.94. The van der Waals surface area contributed by atoms with Crippen molar-refractivity contribution in [2.45, 2.75) is 59.0 Å². The summed E-state index contributed by atoms with van der Waals surface area (Å²) in [6.45, 7) is 15.6. The van der Waals surface area contributed by atoms with E-state index in [4.69, 9.17) is 0 Å². The highest BCUT2D eigenvalue weighted by Gasteiger charge is 2.15. The Hall–Kier alpha value is -1.55. The summed E-state index contributed by atoms with van der Waals surface area (Å²) in [6.07, 6.45) is 0. The fourth-order valence-electron chi connectivity index (χ4n) is 2.30. The normalized spacial score (nSPS) is 15.1. The average Bonchev–Trinajstić information content (AvgIpc) is 2.50. The number of nitrogens with one attached hydrogen (secondary N) is 3. The quantitative estimate of drug-likeness (QED) is 0.411. The summed E-state index contributed by atoms with van der Waals surface area (Å²) < 4.78 is 0. The van der Waals surface area contributed by atoms with Gasteiger partial charge in [-0.3, -0.25) is 4.99 Å². The van der Waals surface area contributed by atoms with Gasteiger partial charge < -0.3 is 16.0 Å². The van der Waals surface area contributed by atoms with Crippen LogP contribution >= 0.6 is 0 Å². The molecule has 0 aliphatic heterocycles. The van der Waals surface area contributed by atoms with Gasteiger partial charge in [0.15, 0.2) is 5.96 Å². The smallest absolute Gasteiger partial charge is 0.191 e. The van der Waals surface area contributed by atoms with Gasteiger partial charge in [-0.2, -0.15) is 0 Å². The molecular formula is C19H34N4. The number of rotatable bonds is 7. The maximum atomic E-state index is 4.66. The molecule has 1 aromatic carbocycles. The van der Waals surface area contributed by atoms with Crippen LogP contribution < -0.4 is 16.0 Å². The summed E-state index contributed by atoms with van der Waals surface area (Å²) in [6, 6.07) is 10.9. The maximum Gasteiger partial charge on any atom is 0.191 e. The molecular weight excluding hydrogens is 284 g/mol. The van der Waals surface area contributed by atoms with Gasteiger partial charge in [-0.1, -0.05) is 37.3 Å². The van der Waals surface area contributed by atoms with E-state index in [1.807, 2.05) is 0 Å². The van der Waals surface area contributed by atoms with Crippen LogP contribution in [0.1, 0.15) is 53.0 Å². The van der Waals surface area contributed by atoms with Crippen LogP contribution in [0, 0.1) is 0 Å². The lowest BCUT2D eigenvalue weighted by molar-refractivity contribution is 0.432. The van der Waals surface area contributed by atoms with Crippen LogP contribution in [-0.2, 0) is 0 Å². The summed E-state index contributed by atoms with van der Waals surface area (Å²) in [5, 5.41) is 10.3. The highest BCUT2D eigenvalue weighted by molar-refractivity contribution is 5.80. The zero-order valence-electron chi connectivity index (χ0n) is 15.6. The fraction of sp³-hybridized carbons (Fsp3) is 0.632. The zero-order chi connectivity index (χ0) is 17.3. The van der Waals surface area contributed by atoms with Crippen molar-refractivity contribution in [1.82, 2.24) is 16.0 Å². The van der Waals surface area contributed by atoms with E-state index in [0.717, 1.165) is 25.6 Å². The third-order valence-electron chi connectivity index (χ3n) is 3.82. The fourth-order valence-corrected chi connectivity index (χ4v) is 2.30. The molecule has 0 spiro atoms. The molecule has 0 bridgehead atoms. The standard InChI is InChI=1S/C19H34N4/c1-7-20-18(21-13-14-22-19(4,5)6)23-16(3)15(2)17-11-9-8-10-12-17/h8-12,15-16,22H,7,13-14H2,1-6H3,(H2,20,21,23). The minimum Gasteiger partial charge on any atom is -0.357 e. The van der Waals surface area contributed by atoms with Crippen LogP contribution in [-0.4, -0.2) is 37.2 Å². The van der Waals surface area contributed by atoms with Crippen molar-refractivity contribution < 1.29 is 0 Å². The first kappa shape index (κ1) is 19.5. The van der Waals surface area contributed by atoms with E-state index in [0.29, 0.717) is 12.0 Å². The van der Waals surface area contributed by atoms with E-state index in [1.54, 1.807) is 0 Å². The van der Waals surface area contributed by atoms with Crippen LogP contribution in [0.25, 0.3) is 0 Å². The molecule has 0 radical (unpaired) electrons. The Balaban J connectivity index is 2.56. The molecule has 0 fully saturated rings. The predicted molar refractivity (Wildman–Crippen MR) is 101 cm³/mol. The first-order valence-electron chi connectivity index (χ1n) is 8.68. The van der Waals surface area contributed by atoms with E-state index < -0.39 is 0 Å².